The van der Waals surface area contributed by atoms with Gasteiger partial charge in [0.1, 0.15) is 6.29 Å². The van der Waals surface area contributed by atoms with Crippen LogP contribution in [-0.2, 0) is 11.2 Å². The zero-order valence-electron chi connectivity index (χ0n) is 7.67. The minimum atomic E-state index is 0.273. The van der Waals surface area contributed by atoms with E-state index in [2.05, 4.69) is 9.97 Å². The van der Waals surface area contributed by atoms with E-state index in [-0.39, 0.29) is 11.6 Å². The Kier molecular flexibility index (Phi) is 3.60. The molecule has 1 N–H and O–H groups in total. The highest BCUT2D eigenvalue weighted by Crippen LogP contribution is 2.06. The van der Waals surface area contributed by atoms with Crippen LogP contribution in [0.3, 0.4) is 0 Å². The van der Waals surface area contributed by atoms with Crippen LogP contribution in [0.5, 0.6) is 6.01 Å². The molecule has 14 heavy (non-hydrogen) atoms. The van der Waals surface area contributed by atoms with Crippen LogP contribution in [0.2, 0.25) is 0 Å². The molecule has 5 heteroatoms. The summed E-state index contributed by atoms with van der Waals surface area (Å²) in [5.41, 5.74) is 1.01. The number of aromatic nitrogens is 2. The van der Waals surface area contributed by atoms with Crippen LogP contribution < -0.4 is 4.74 Å². The van der Waals surface area contributed by atoms with E-state index in [9.17, 15) is 4.79 Å². The number of nitrogens with zero attached hydrogens (tertiary/aromatic N) is 2. The van der Waals surface area contributed by atoms with Gasteiger partial charge in [-0.2, -0.15) is 0 Å². The van der Waals surface area contributed by atoms with E-state index in [1.807, 2.05) is 0 Å². The molecule has 0 unspecified atom stereocenters. The Morgan fingerprint density at radius 1 is 1.57 bits per heavy atom. The number of aliphatic hydroxyl groups excluding tert-OH is 1. The molecule has 1 aromatic rings. The average molecular weight is 194 g/mol. The van der Waals surface area contributed by atoms with E-state index in [1.54, 1.807) is 12.4 Å². The predicted octanol–water partition coefficient (Wildman–Crippen LogP) is 0.668. The van der Waals surface area contributed by atoms with Crippen molar-refractivity contribution in [1.82, 2.24) is 9.97 Å². The molecule has 0 atom stereocenters. The normalized spacial score (nSPS) is 11.1. The summed E-state index contributed by atoms with van der Waals surface area (Å²) < 4.78 is 4.77. The fraction of sp³-hybridized carbons (Fsp3) is 0.222. The Labute approximate surface area is 81.1 Å². The maximum Gasteiger partial charge on any atom is 0.316 e. The summed E-state index contributed by atoms with van der Waals surface area (Å²) in [5.74, 6) is 0. The van der Waals surface area contributed by atoms with Gasteiger partial charge < -0.3 is 9.84 Å². The Bertz CT molecular complexity index is 332. The molecular weight excluding hydrogens is 184 g/mol. The number of allylic oxidation sites excluding steroid dienone is 1. The number of ether oxygens (including phenoxy) is 1. The van der Waals surface area contributed by atoms with Gasteiger partial charge in [0.2, 0.25) is 0 Å². The first-order valence-corrected chi connectivity index (χ1v) is 3.93. The molecule has 0 fully saturated rings. The quantitative estimate of drug-likeness (QED) is 0.433. The van der Waals surface area contributed by atoms with Crippen molar-refractivity contribution in [3.05, 3.63) is 29.8 Å². The first kappa shape index (κ1) is 10.2. The van der Waals surface area contributed by atoms with Crippen LogP contribution in [0.1, 0.15) is 5.56 Å². The molecule has 1 rings (SSSR count). The van der Waals surface area contributed by atoms with Gasteiger partial charge in [0, 0.05) is 24.4 Å². The Morgan fingerprint density at radius 3 is 2.64 bits per heavy atom. The molecule has 0 saturated carbocycles. The first-order valence-electron chi connectivity index (χ1n) is 3.93. The molecule has 0 aromatic carbocycles. The van der Waals surface area contributed by atoms with Crippen LogP contribution in [0.4, 0.5) is 0 Å². The lowest BCUT2D eigenvalue weighted by Gasteiger charge is -2.00. The minimum absolute atomic E-state index is 0.273. The molecule has 74 valence electrons. The smallest absolute Gasteiger partial charge is 0.316 e. The summed E-state index contributed by atoms with van der Waals surface area (Å²) in [6.07, 6.45) is 4.75. The monoisotopic (exact) mass is 194 g/mol. The molecule has 1 aromatic heterocycles. The van der Waals surface area contributed by atoms with Crippen LogP contribution in [0.25, 0.3) is 0 Å². The highest BCUT2D eigenvalue weighted by Gasteiger charge is 2.00. The molecule has 5 nitrogen and oxygen atoms in total. The van der Waals surface area contributed by atoms with E-state index in [0.29, 0.717) is 12.7 Å². The van der Waals surface area contributed by atoms with Gasteiger partial charge in [-0.1, -0.05) is 0 Å². The summed E-state index contributed by atoms with van der Waals surface area (Å²) in [6.45, 7) is 0. The standard InChI is InChI=1S/C9H10N2O3/c1-14-9-10-3-7(4-11-9)2-8(5-12)6-13/h3-6,12H,2H2,1H3/b8-5+. The Hall–Kier alpha value is -1.91. The highest BCUT2D eigenvalue weighted by molar-refractivity contribution is 5.73. The molecule has 0 radical (unpaired) electrons. The van der Waals surface area contributed by atoms with Crippen LogP contribution in [0.15, 0.2) is 24.2 Å². The Balaban J connectivity index is 2.73. The average Bonchev–Trinajstić information content (AvgIpc) is 2.26. The molecule has 0 bridgehead atoms. The number of hydrogen-bond donors (Lipinski definition) is 1. The van der Waals surface area contributed by atoms with Gasteiger partial charge in [-0.05, 0) is 5.56 Å². The zero-order valence-corrected chi connectivity index (χ0v) is 7.67. The van der Waals surface area contributed by atoms with E-state index in [1.165, 1.54) is 7.11 Å². The summed E-state index contributed by atoms with van der Waals surface area (Å²) >= 11 is 0. The molecule has 0 aliphatic carbocycles. The minimum Gasteiger partial charge on any atom is -0.515 e. The molecule has 0 amide bonds. The second kappa shape index (κ2) is 4.96. The summed E-state index contributed by atoms with van der Waals surface area (Å²) in [7, 11) is 1.47. The maximum atomic E-state index is 10.4. The fourth-order valence-corrected chi connectivity index (χ4v) is 0.893. The van der Waals surface area contributed by atoms with E-state index >= 15 is 0 Å². The van der Waals surface area contributed by atoms with Crippen molar-refractivity contribution in [2.45, 2.75) is 6.42 Å². The van der Waals surface area contributed by atoms with Crippen molar-refractivity contribution >= 4 is 6.29 Å². The van der Waals surface area contributed by atoms with Crippen molar-refractivity contribution < 1.29 is 14.6 Å². The number of aldehydes is 1. The number of methoxy groups -OCH3 is 1. The summed E-state index contributed by atoms with van der Waals surface area (Å²) in [6, 6.07) is 0.273. The van der Waals surface area contributed by atoms with Crippen molar-refractivity contribution in [1.29, 1.82) is 0 Å². The number of carbonyl (C=O) groups excluding carboxylic acids is 1. The molecule has 0 aliphatic heterocycles. The van der Waals surface area contributed by atoms with E-state index < -0.39 is 0 Å². The molecular formula is C9H10N2O3. The van der Waals surface area contributed by atoms with Crippen molar-refractivity contribution in [2.24, 2.45) is 0 Å². The van der Waals surface area contributed by atoms with Gasteiger partial charge in [-0.15, -0.1) is 0 Å². The van der Waals surface area contributed by atoms with E-state index in [4.69, 9.17) is 9.84 Å². The van der Waals surface area contributed by atoms with Crippen LogP contribution >= 0.6 is 0 Å². The first-order chi connectivity index (χ1) is 6.80. The lowest BCUT2D eigenvalue weighted by molar-refractivity contribution is -0.105. The third kappa shape index (κ3) is 2.55. The zero-order chi connectivity index (χ0) is 10.4. The van der Waals surface area contributed by atoms with Crippen LogP contribution in [-0.4, -0.2) is 28.5 Å². The number of rotatable bonds is 4. The van der Waals surface area contributed by atoms with Gasteiger partial charge in [-0.3, -0.25) is 4.79 Å². The lowest BCUT2D eigenvalue weighted by Crippen LogP contribution is -1.96. The predicted molar refractivity (Wildman–Crippen MR) is 49.1 cm³/mol. The summed E-state index contributed by atoms with van der Waals surface area (Å²) in [5, 5.41) is 8.63. The third-order valence-electron chi connectivity index (χ3n) is 1.59. The topological polar surface area (TPSA) is 72.3 Å². The van der Waals surface area contributed by atoms with Crippen molar-refractivity contribution in [3.63, 3.8) is 0 Å². The number of hydrogen-bond acceptors (Lipinski definition) is 5. The fourth-order valence-electron chi connectivity index (χ4n) is 0.893. The van der Waals surface area contributed by atoms with Gasteiger partial charge in [0.15, 0.2) is 0 Å². The van der Waals surface area contributed by atoms with Crippen LogP contribution in [0, 0.1) is 0 Å². The van der Waals surface area contributed by atoms with Crippen molar-refractivity contribution in [3.8, 4) is 6.01 Å². The maximum absolute atomic E-state index is 10.4. The summed E-state index contributed by atoms with van der Waals surface area (Å²) in [4.78, 5) is 18.1. The SMILES string of the molecule is COc1ncc(C/C(C=O)=C\O)cn1. The third-order valence-corrected chi connectivity index (χ3v) is 1.59. The second-order valence-electron chi connectivity index (χ2n) is 2.58. The van der Waals surface area contributed by atoms with Gasteiger partial charge in [0.25, 0.3) is 0 Å². The van der Waals surface area contributed by atoms with E-state index in [0.717, 1.165) is 11.8 Å². The molecule has 0 spiro atoms. The lowest BCUT2D eigenvalue weighted by atomic mass is 10.1. The van der Waals surface area contributed by atoms with Gasteiger partial charge in [-0.25, -0.2) is 9.97 Å². The van der Waals surface area contributed by atoms with Gasteiger partial charge >= 0.3 is 6.01 Å². The second-order valence-corrected chi connectivity index (χ2v) is 2.58. The number of aliphatic hydroxyl groups is 1. The van der Waals surface area contributed by atoms with Crippen molar-refractivity contribution in [2.75, 3.05) is 7.11 Å². The molecule has 0 saturated heterocycles. The number of carbonyl (C=O) groups is 1. The molecule has 0 aliphatic rings. The highest BCUT2D eigenvalue weighted by atomic mass is 16.5. The largest absolute Gasteiger partial charge is 0.515 e. The molecule has 1 heterocycles. The Morgan fingerprint density at radius 2 is 2.21 bits per heavy atom. The van der Waals surface area contributed by atoms with Gasteiger partial charge in [0.05, 0.1) is 13.4 Å².